The number of carbonyl (C=O) groups excluding carboxylic acids is 3. The molecule has 0 aliphatic heterocycles. The lowest BCUT2D eigenvalue weighted by Gasteiger charge is -2.58. The Kier molecular flexibility index (Phi) is 7.58. The predicted octanol–water partition coefficient (Wildman–Crippen LogP) is 1.41. The van der Waals surface area contributed by atoms with Crippen LogP contribution in [0.4, 0.5) is 13.2 Å². The number of ether oxygens (including phenoxy) is 2. The van der Waals surface area contributed by atoms with Crippen molar-refractivity contribution in [3.8, 4) is 5.88 Å². The molecule has 1 aromatic rings. The van der Waals surface area contributed by atoms with E-state index in [1.54, 1.807) is 12.1 Å². The molecule has 1 atom stereocenters. The van der Waals surface area contributed by atoms with Gasteiger partial charge in [-0.25, -0.2) is 4.98 Å². The average molecular weight is 472 g/mol. The SMILES string of the molecule is CNC(CCOCC(F)(F)F)C(=O)N(C=O)C1CC2(CC(Oc3ncccc3C(N)=O)C2)C1. The number of pyridine rings is 1. The van der Waals surface area contributed by atoms with Gasteiger partial charge in [0.1, 0.15) is 18.3 Å². The molecule has 1 heterocycles. The van der Waals surface area contributed by atoms with Crippen molar-refractivity contribution < 1.29 is 37.0 Å². The zero-order chi connectivity index (χ0) is 24.2. The molecule has 3 rings (SSSR count). The molecule has 12 heteroatoms. The summed E-state index contributed by atoms with van der Waals surface area (Å²) in [6.45, 7) is -1.65. The number of halogens is 3. The summed E-state index contributed by atoms with van der Waals surface area (Å²) in [4.78, 5) is 41.0. The second-order valence-electron chi connectivity index (χ2n) is 8.58. The Balaban J connectivity index is 1.47. The Morgan fingerprint density at radius 1 is 1.36 bits per heavy atom. The van der Waals surface area contributed by atoms with E-state index in [9.17, 15) is 27.6 Å². The molecule has 1 aromatic heterocycles. The quantitative estimate of drug-likeness (QED) is 0.369. The summed E-state index contributed by atoms with van der Waals surface area (Å²) in [6, 6.07) is 2.03. The largest absolute Gasteiger partial charge is 0.474 e. The molecular formula is C21H27F3N4O5. The maximum Gasteiger partial charge on any atom is 0.411 e. The van der Waals surface area contributed by atoms with Crippen LogP contribution in [0.15, 0.2) is 18.3 Å². The Morgan fingerprint density at radius 2 is 2.06 bits per heavy atom. The highest BCUT2D eigenvalue weighted by atomic mass is 19.4. The first-order chi connectivity index (χ1) is 15.6. The molecule has 0 radical (unpaired) electrons. The Morgan fingerprint density at radius 3 is 2.64 bits per heavy atom. The van der Waals surface area contributed by atoms with E-state index in [1.165, 1.54) is 13.2 Å². The monoisotopic (exact) mass is 472 g/mol. The number of aromatic nitrogens is 1. The molecule has 0 bridgehead atoms. The molecule has 2 aliphatic carbocycles. The van der Waals surface area contributed by atoms with Crippen LogP contribution in [-0.4, -0.2) is 72.7 Å². The van der Waals surface area contributed by atoms with E-state index in [2.05, 4.69) is 15.0 Å². The van der Waals surface area contributed by atoms with Gasteiger partial charge in [0.05, 0.1) is 6.04 Å². The third-order valence-electron chi connectivity index (χ3n) is 6.20. The Labute approximate surface area is 188 Å². The molecule has 2 fully saturated rings. The van der Waals surface area contributed by atoms with Crippen LogP contribution in [0, 0.1) is 5.41 Å². The van der Waals surface area contributed by atoms with Gasteiger partial charge in [0.15, 0.2) is 0 Å². The molecule has 1 unspecified atom stereocenters. The van der Waals surface area contributed by atoms with Crippen molar-refractivity contribution >= 4 is 18.2 Å². The molecule has 0 saturated heterocycles. The van der Waals surface area contributed by atoms with Crippen LogP contribution < -0.4 is 15.8 Å². The maximum atomic E-state index is 12.7. The van der Waals surface area contributed by atoms with Gasteiger partial charge < -0.3 is 20.5 Å². The fourth-order valence-corrected chi connectivity index (χ4v) is 4.57. The first-order valence-corrected chi connectivity index (χ1v) is 10.6. The van der Waals surface area contributed by atoms with Crippen LogP contribution in [0.25, 0.3) is 0 Å². The van der Waals surface area contributed by atoms with Crippen molar-refractivity contribution in [1.29, 1.82) is 0 Å². The van der Waals surface area contributed by atoms with Crippen LogP contribution >= 0.6 is 0 Å². The number of primary amides is 1. The summed E-state index contributed by atoms with van der Waals surface area (Å²) in [6.07, 6.45) is 0.0318. The summed E-state index contributed by atoms with van der Waals surface area (Å²) in [5, 5.41) is 2.74. The number of imide groups is 1. The number of nitrogens with two attached hydrogens (primary N) is 1. The normalized spacial score (nSPS) is 25.0. The van der Waals surface area contributed by atoms with E-state index in [0.29, 0.717) is 32.1 Å². The number of likely N-dealkylation sites (N-methyl/N-ethyl adjacent to an activating group) is 1. The standard InChI is InChI=1S/C21H27F3N4O5/c1-26-16(4-6-32-11-21(22,23)24)19(31)28(12-29)13-7-20(8-13)9-14(10-20)33-18-15(17(25)30)3-2-5-27-18/h2-3,5,12-14,16,26H,4,6-11H2,1H3,(H2,25,30). The Bertz CT molecular complexity index is 868. The van der Waals surface area contributed by atoms with Crippen molar-refractivity contribution in [2.75, 3.05) is 20.3 Å². The number of nitrogens with one attached hydrogen (secondary N) is 1. The van der Waals surface area contributed by atoms with E-state index in [4.69, 9.17) is 10.5 Å². The minimum atomic E-state index is -4.43. The lowest BCUT2D eigenvalue weighted by molar-refractivity contribution is -0.174. The van der Waals surface area contributed by atoms with Crippen LogP contribution in [0.3, 0.4) is 0 Å². The third kappa shape index (κ3) is 5.99. The van der Waals surface area contributed by atoms with Crippen LogP contribution in [-0.2, 0) is 14.3 Å². The summed E-state index contributed by atoms with van der Waals surface area (Å²) in [5.74, 6) is -0.927. The molecule has 0 aromatic carbocycles. The van der Waals surface area contributed by atoms with Gasteiger partial charge in [-0.15, -0.1) is 0 Å². The van der Waals surface area contributed by atoms with Crippen molar-refractivity contribution in [1.82, 2.24) is 15.2 Å². The summed E-state index contributed by atoms with van der Waals surface area (Å²) in [5.41, 5.74) is 5.49. The summed E-state index contributed by atoms with van der Waals surface area (Å²) in [7, 11) is 1.50. The van der Waals surface area contributed by atoms with Crippen molar-refractivity contribution in [3.05, 3.63) is 23.9 Å². The molecule has 3 N–H and O–H groups in total. The average Bonchev–Trinajstić information content (AvgIpc) is 2.70. The molecule has 2 aliphatic rings. The summed E-state index contributed by atoms with van der Waals surface area (Å²) >= 11 is 0. The van der Waals surface area contributed by atoms with Crippen LogP contribution in [0.2, 0.25) is 0 Å². The number of hydrogen-bond acceptors (Lipinski definition) is 7. The van der Waals surface area contributed by atoms with E-state index < -0.39 is 30.6 Å². The molecule has 3 amide bonds. The van der Waals surface area contributed by atoms with Crippen LogP contribution in [0.1, 0.15) is 42.5 Å². The van der Waals surface area contributed by atoms with Crippen molar-refractivity contribution in [2.45, 2.75) is 56.5 Å². The number of carbonyl (C=O) groups is 3. The van der Waals surface area contributed by atoms with Gasteiger partial charge in [0.25, 0.3) is 5.91 Å². The van der Waals surface area contributed by atoms with E-state index in [1.807, 2.05) is 0 Å². The fourth-order valence-electron chi connectivity index (χ4n) is 4.57. The van der Waals surface area contributed by atoms with Gasteiger partial charge in [0.2, 0.25) is 18.2 Å². The van der Waals surface area contributed by atoms with Crippen molar-refractivity contribution in [3.63, 3.8) is 0 Å². The first-order valence-electron chi connectivity index (χ1n) is 10.6. The number of amides is 3. The minimum Gasteiger partial charge on any atom is -0.474 e. The number of rotatable bonds is 11. The zero-order valence-electron chi connectivity index (χ0n) is 18.1. The molecular weight excluding hydrogens is 445 g/mol. The van der Waals surface area contributed by atoms with E-state index in [0.717, 1.165) is 4.90 Å². The highest BCUT2D eigenvalue weighted by Gasteiger charge is 2.56. The van der Waals surface area contributed by atoms with E-state index in [-0.39, 0.29) is 42.0 Å². The minimum absolute atomic E-state index is 0.00972. The van der Waals surface area contributed by atoms with E-state index >= 15 is 0 Å². The van der Waals surface area contributed by atoms with Gasteiger partial charge in [-0.05, 0) is 56.7 Å². The fraction of sp³-hybridized carbons (Fsp3) is 0.619. The van der Waals surface area contributed by atoms with Gasteiger partial charge in [-0.2, -0.15) is 13.2 Å². The molecule has 9 nitrogen and oxygen atoms in total. The zero-order valence-corrected chi connectivity index (χ0v) is 18.1. The van der Waals surface area contributed by atoms with Gasteiger partial charge in [-0.3, -0.25) is 19.3 Å². The Hall–Kier alpha value is -2.73. The van der Waals surface area contributed by atoms with Gasteiger partial charge in [-0.1, -0.05) is 0 Å². The molecule has 2 saturated carbocycles. The van der Waals surface area contributed by atoms with Gasteiger partial charge >= 0.3 is 6.18 Å². The van der Waals surface area contributed by atoms with Gasteiger partial charge in [0, 0.05) is 18.8 Å². The van der Waals surface area contributed by atoms with Crippen molar-refractivity contribution in [2.24, 2.45) is 11.1 Å². The highest BCUT2D eigenvalue weighted by Crippen LogP contribution is 2.58. The second kappa shape index (κ2) is 10.0. The first kappa shape index (κ1) is 24.9. The smallest absolute Gasteiger partial charge is 0.411 e. The topological polar surface area (TPSA) is 124 Å². The maximum absolute atomic E-state index is 12.7. The third-order valence-corrected chi connectivity index (χ3v) is 6.20. The molecule has 182 valence electrons. The van der Waals surface area contributed by atoms with Crippen LogP contribution in [0.5, 0.6) is 5.88 Å². The lowest BCUT2D eigenvalue weighted by atomic mass is 9.52. The second-order valence-corrected chi connectivity index (χ2v) is 8.58. The lowest BCUT2D eigenvalue weighted by Crippen LogP contribution is -2.61. The molecule has 33 heavy (non-hydrogen) atoms. The highest BCUT2D eigenvalue weighted by molar-refractivity contribution is 5.95. The molecule has 1 spiro atoms. The number of nitrogens with zero attached hydrogens (tertiary/aromatic N) is 2. The number of alkyl halides is 3. The summed E-state index contributed by atoms with van der Waals surface area (Å²) < 4.78 is 46.9. The predicted molar refractivity (Wildman–Crippen MR) is 109 cm³/mol. The number of hydrogen-bond donors (Lipinski definition) is 2.